The molecular formula is C13H27N3O2. The van der Waals surface area contributed by atoms with E-state index < -0.39 is 0 Å². The highest BCUT2D eigenvalue weighted by molar-refractivity contribution is 5.80. The first kappa shape index (κ1) is 15.4. The second-order valence-electron chi connectivity index (χ2n) is 5.23. The predicted molar refractivity (Wildman–Crippen MR) is 72.3 cm³/mol. The predicted octanol–water partition coefficient (Wildman–Crippen LogP) is 0.339. The Hall–Kier alpha value is -0.650. The molecule has 0 radical (unpaired) electrons. The monoisotopic (exact) mass is 257 g/mol. The summed E-state index contributed by atoms with van der Waals surface area (Å²) in [6, 6.07) is 0.0112. The first-order chi connectivity index (χ1) is 8.52. The van der Waals surface area contributed by atoms with Gasteiger partial charge in [0, 0.05) is 32.3 Å². The van der Waals surface area contributed by atoms with Gasteiger partial charge in [0.15, 0.2) is 0 Å². The fourth-order valence-electron chi connectivity index (χ4n) is 2.38. The SMILES string of the molecule is CCOC1CCN(CC(NC(C)C)C(N)=O)CC1. The summed E-state index contributed by atoms with van der Waals surface area (Å²) >= 11 is 0. The van der Waals surface area contributed by atoms with E-state index >= 15 is 0 Å². The molecule has 1 atom stereocenters. The van der Waals surface area contributed by atoms with Gasteiger partial charge < -0.3 is 20.7 Å². The molecule has 1 fully saturated rings. The molecule has 3 N–H and O–H groups in total. The van der Waals surface area contributed by atoms with Gasteiger partial charge in [0.1, 0.15) is 0 Å². The van der Waals surface area contributed by atoms with Gasteiger partial charge in [0.2, 0.25) is 5.91 Å². The molecule has 1 aliphatic heterocycles. The van der Waals surface area contributed by atoms with Crippen molar-refractivity contribution >= 4 is 5.91 Å². The van der Waals surface area contributed by atoms with Gasteiger partial charge in [-0.15, -0.1) is 0 Å². The first-order valence-electron chi connectivity index (χ1n) is 6.92. The third kappa shape index (κ3) is 5.33. The summed E-state index contributed by atoms with van der Waals surface area (Å²) in [5.41, 5.74) is 5.42. The topological polar surface area (TPSA) is 67.6 Å². The fraction of sp³-hybridized carbons (Fsp3) is 0.923. The molecule has 1 aliphatic rings. The number of likely N-dealkylation sites (tertiary alicyclic amines) is 1. The summed E-state index contributed by atoms with van der Waals surface area (Å²) in [4.78, 5) is 13.7. The number of carbonyl (C=O) groups excluding carboxylic acids is 1. The van der Waals surface area contributed by atoms with Crippen molar-refractivity contribution in [1.29, 1.82) is 0 Å². The summed E-state index contributed by atoms with van der Waals surface area (Å²) in [5.74, 6) is -0.268. The van der Waals surface area contributed by atoms with Crippen molar-refractivity contribution in [2.24, 2.45) is 5.73 Å². The largest absolute Gasteiger partial charge is 0.378 e. The maximum Gasteiger partial charge on any atom is 0.235 e. The molecule has 1 unspecified atom stereocenters. The van der Waals surface area contributed by atoms with E-state index in [0.717, 1.165) is 32.5 Å². The van der Waals surface area contributed by atoms with Crippen molar-refractivity contribution in [3.63, 3.8) is 0 Å². The first-order valence-corrected chi connectivity index (χ1v) is 6.92. The highest BCUT2D eigenvalue weighted by Crippen LogP contribution is 2.13. The fourth-order valence-corrected chi connectivity index (χ4v) is 2.38. The van der Waals surface area contributed by atoms with E-state index in [-0.39, 0.29) is 18.0 Å². The number of nitrogens with two attached hydrogens (primary N) is 1. The molecule has 0 spiro atoms. The van der Waals surface area contributed by atoms with Crippen molar-refractivity contribution < 1.29 is 9.53 Å². The van der Waals surface area contributed by atoms with E-state index in [9.17, 15) is 4.79 Å². The number of ether oxygens (including phenoxy) is 1. The lowest BCUT2D eigenvalue weighted by atomic mass is 10.1. The zero-order valence-corrected chi connectivity index (χ0v) is 11.8. The van der Waals surface area contributed by atoms with Gasteiger partial charge in [0.05, 0.1) is 12.1 Å². The van der Waals surface area contributed by atoms with Crippen LogP contribution in [-0.4, -0.2) is 55.2 Å². The summed E-state index contributed by atoms with van der Waals surface area (Å²) < 4.78 is 5.61. The zero-order valence-electron chi connectivity index (χ0n) is 11.8. The highest BCUT2D eigenvalue weighted by Gasteiger charge is 2.24. The smallest absolute Gasteiger partial charge is 0.235 e. The Kier molecular flexibility index (Phi) is 6.60. The summed E-state index contributed by atoms with van der Waals surface area (Å²) in [6.45, 7) is 9.52. The van der Waals surface area contributed by atoms with Crippen LogP contribution in [-0.2, 0) is 9.53 Å². The molecular weight excluding hydrogens is 230 g/mol. The molecule has 0 aromatic rings. The van der Waals surface area contributed by atoms with Crippen LogP contribution >= 0.6 is 0 Å². The average Bonchev–Trinajstić information content (AvgIpc) is 2.30. The minimum atomic E-state index is -0.268. The molecule has 1 amide bonds. The van der Waals surface area contributed by atoms with Crippen LogP contribution < -0.4 is 11.1 Å². The normalized spacial score (nSPS) is 20.2. The van der Waals surface area contributed by atoms with Crippen LogP contribution in [0.25, 0.3) is 0 Å². The molecule has 5 nitrogen and oxygen atoms in total. The highest BCUT2D eigenvalue weighted by atomic mass is 16.5. The van der Waals surface area contributed by atoms with Crippen LogP contribution in [0.1, 0.15) is 33.6 Å². The molecule has 18 heavy (non-hydrogen) atoms. The molecule has 0 bridgehead atoms. The van der Waals surface area contributed by atoms with Crippen molar-refractivity contribution in [1.82, 2.24) is 10.2 Å². The number of primary amides is 1. The van der Waals surface area contributed by atoms with E-state index in [1.807, 2.05) is 20.8 Å². The lowest BCUT2D eigenvalue weighted by molar-refractivity contribution is -0.120. The van der Waals surface area contributed by atoms with Crippen LogP contribution in [0.2, 0.25) is 0 Å². The van der Waals surface area contributed by atoms with Crippen LogP contribution in [0.15, 0.2) is 0 Å². The molecule has 1 heterocycles. The summed E-state index contributed by atoms with van der Waals surface area (Å²) in [6.07, 6.45) is 2.47. The Morgan fingerprint density at radius 1 is 1.44 bits per heavy atom. The van der Waals surface area contributed by atoms with Crippen LogP contribution in [0.4, 0.5) is 0 Å². The number of nitrogens with zero attached hydrogens (tertiary/aromatic N) is 1. The van der Waals surface area contributed by atoms with Gasteiger partial charge in [-0.3, -0.25) is 4.79 Å². The minimum absolute atomic E-state index is 0.256. The Labute approximate surface area is 110 Å². The second kappa shape index (κ2) is 7.71. The average molecular weight is 257 g/mol. The summed E-state index contributed by atoms with van der Waals surface area (Å²) in [5, 5.41) is 3.22. The Morgan fingerprint density at radius 2 is 2.06 bits per heavy atom. The Bertz CT molecular complexity index is 251. The molecule has 1 rings (SSSR count). The van der Waals surface area contributed by atoms with E-state index in [0.29, 0.717) is 12.6 Å². The molecule has 5 heteroatoms. The second-order valence-corrected chi connectivity index (χ2v) is 5.23. The maximum atomic E-state index is 11.4. The quantitative estimate of drug-likeness (QED) is 0.690. The van der Waals surface area contributed by atoms with Gasteiger partial charge >= 0.3 is 0 Å². The summed E-state index contributed by atoms with van der Waals surface area (Å²) in [7, 11) is 0. The van der Waals surface area contributed by atoms with Crippen molar-refractivity contribution in [3.8, 4) is 0 Å². The lowest BCUT2D eigenvalue weighted by Crippen LogP contribution is -2.52. The number of piperidine rings is 1. The number of hydrogen-bond acceptors (Lipinski definition) is 4. The van der Waals surface area contributed by atoms with E-state index in [2.05, 4.69) is 10.2 Å². The van der Waals surface area contributed by atoms with Crippen molar-refractivity contribution in [3.05, 3.63) is 0 Å². The third-order valence-electron chi connectivity index (χ3n) is 3.26. The van der Waals surface area contributed by atoms with E-state index in [1.54, 1.807) is 0 Å². The maximum absolute atomic E-state index is 11.4. The van der Waals surface area contributed by atoms with Crippen molar-refractivity contribution in [2.45, 2.75) is 51.8 Å². The van der Waals surface area contributed by atoms with Crippen LogP contribution in [0.3, 0.4) is 0 Å². The van der Waals surface area contributed by atoms with Gasteiger partial charge in [-0.1, -0.05) is 13.8 Å². The lowest BCUT2D eigenvalue weighted by Gasteiger charge is -2.34. The number of nitrogens with one attached hydrogen (secondary N) is 1. The van der Waals surface area contributed by atoms with Gasteiger partial charge in [-0.05, 0) is 19.8 Å². The number of amides is 1. The Balaban J connectivity index is 2.35. The molecule has 0 aliphatic carbocycles. The van der Waals surface area contributed by atoms with Gasteiger partial charge in [-0.2, -0.15) is 0 Å². The van der Waals surface area contributed by atoms with E-state index in [1.165, 1.54) is 0 Å². The molecule has 1 saturated heterocycles. The molecule has 0 aromatic heterocycles. The standard InChI is InChI=1S/C13H27N3O2/c1-4-18-11-5-7-16(8-6-11)9-12(13(14)17)15-10(2)3/h10-12,15H,4-9H2,1-3H3,(H2,14,17). The molecule has 0 aromatic carbocycles. The van der Waals surface area contributed by atoms with Gasteiger partial charge in [-0.25, -0.2) is 0 Å². The molecule has 0 saturated carbocycles. The number of rotatable bonds is 7. The number of carbonyl (C=O) groups is 1. The van der Waals surface area contributed by atoms with E-state index in [4.69, 9.17) is 10.5 Å². The van der Waals surface area contributed by atoms with Crippen molar-refractivity contribution in [2.75, 3.05) is 26.2 Å². The molecule has 106 valence electrons. The Morgan fingerprint density at radius 3 is 2.50 bits per heavy atom. The van der Waals surface area contributed by atoms with Crippen LogP contribution in [0, 0.1) is 0 Å². The number of hydrogen-bond donors (Lipinski definition) is 2. The zero-order chi connectivity index (χ0) is 13.5. The third-order valence-corrected chi connectivity index (χ3v) is 3.26. The minimum Gasteiger partial charge on any atom is -0.378 e. The van der Waals surface area contributed by atoms with Crippen LogP contribution in [0.5, 0.6) is 0 Å². The van der Waals surface area contributed by atoms with Gasteiger partial charge in [0.25, 0.3) is 0 Å².